The Kier molecular flexibility index (Phi) is 4.68. The van der Waals surface area contributed by atoms with Gasteiger partial charge in [0.1, 0.15) is 0 Å². The van der Waals surface area contributed by atoms with Crippen LogP contribution >= 0.6 is 27.5 Å². The van der Waals surface area contributed by atoms with Crippen molar-refractivity contribution in [1.29, 1.82) is 0 Å². The lowest BCUT2D eigenvalue weighted by Crippen LogP contribution is -2.20. The molecule has 0 aliphatic heterocycles. The number of benzene rings is 2. The molecule has 0 unspecified atom stereocenters. The summed E-state index contributed by atoms with van der Waals surface area (Å²) in [6, 6.07) is 10.7. The summed E-state index contributed by atoms with van der Waals surface area (Å²) in [7, 11) is 0. The van der Waals surface area contributed by atoms with Crippen LogP contribution < -0.4 is 10.6 Å². The highest BCUT2D eigenvalue weighted by atomic mass is 79.9. The summed E-state index contributed by atoms with van der Waals surface area (Å²) in [5, 5.41) is 6.15. The van der Waals surface area contributed by atoms with Gasteiger partial charge in [0.05, 0.1) is 0 Å². The SMILES string of the molecule is Cc1ccc(NC(=O)Nc2cc(Cl)ccc2C)cc1Br. The largest absolute Gasteiger partial charge is 0.323 e. The van der Waals surface area contributed by atoms with Gasteiger partial charge < -0.3 is 10.6 Å². The minimum Gasteiger partial charge on any atom is -0.308 e. The minimum absolute atomic E-state index is 0.300. The summed E-state index contributed by atoms with van der Waals surface area (Å²) in [6.07, 6.45) is 0. The standard InChI is InChI=1S/C15H14BrClN2O/c1-9-4-6-12(8-13(9)16)18-15(20)19-14-7-11(17)5-3-10(14)2/h3-8H,1-2H3,(H2,18,19,20). The Hall–Kier alpha value is -1.52. The molecule has 0 radical (unpaired) electrons. The van der Waals surface area contributed by atoms with Crippen molar-refractivity contribution < 1.29 is 4.79 Å². The molecule has 2 N–H and O–H groups in total. The Labute approximate surface area is 131 Å². The lowest BCUT2D eigenvalue weighted by molar-refractivity contribution is 0.262. The molecule has 0 heterocycles. The van der Waals surface area contributed by atoms with E-state index in [0.717, 1.165) is 21.3 Å². The van der Waals surface area contributed by atoms with Crippen molar-refractivity contribution in [1.82, 2.24) is 0 Å². The van der Waals surface area contributed by atoms with Crippen molar-refractivity contribution in [3.8, 4) is 0 Å². The maximum atomic E-state index is 12.0. The Bertz CT molecular complexity index is 658. The molecule has 0 aliphatic carbocycles. The predicted molar refractivity (Wildman–Crippen MR) is 87.7 cm³/mol. The molecule has 0 saturated heterocycles. The zero-order valence-corrected chi connectivity index (χ0v) is 13.5. The number of carbonyl (C=O) groups excluding carboxylic acids is 1. The topological polar surface area (TPSA) is 41.1 Å². The smallest absolute Gasteiger partial charge is 0.308 e. The Morgan fingerprint density at radius 2 is 1.75 bits per heavy atom. The molecule has 0 saturated carbocycles. The minimum atomic E-state index is -0.300. The normalized spacial score (nSPS) is 10.2. The van der Waals surface area contributed by atoms with Crippen LogP contribution in [0.25, 0.3) is 0 Å². The van der Waals surface area contributed by atoms with E-state index in [2.05, 4.69) is 26.6 Å². The van der Waals surface area contributed by atoms with Crippen LogP contribution in [0.1, 0.15) is 11.1 Å². The van der Waals surface area contributed by atoms with Gasteiger partial charge in [-0.25, -0.2) is 4.79 Å². The fourth-order valence-corrected chi connectivity index (χ4v) is 2.24. The van der Waals surface area contributed by atoms with Crippen molar-refractivity contribution in [2.45, 2.75) is 13.8 Å². The number of urea groups is 1. The van der Waals surface area contributed by atoms with Gasteiger partial charge in [0.25, 0.3) is 0 Å². The van der Waals surface area contributed by atoms with E-state index in [9.17, 15) is 4.79 Å². The second-order valence-electron chi connectivity index (χ2n) is 4.50. The summed E-state index contributed by atoms with van der Waals surface area (Å²) in [6.45, 7) is 3.90. The first-order valence-electron chi connectivity index (χ1n) is 6.06. The van der Waals surface area contributed by atoms with Crippen LogP contribution in [-0.4, -0.2) is 6.03 Å². The molecule has 5 heteroatoms. The lowest BCUT2D eigenvalue weighted by atomic mass is 10.2. The molecule has 0 bridgehead atoms. The highest BCUT2D eigenvalue weighted by Gasteiger charge is 2.06. The van der Waals surface area contributed by atoms with E-state index in [1.165, 1.54) is 0 Å². The molecule has 0 aromatic heterocycles. The average Bonchev–Trinajstić information content (AvgIpc) is 2.38. The molecule has 3 nitrogen and oxygen atoms in total. The summed E-state index contributed by atoms with van der Waals surface area (Å²) in [4.78, 5) is 12.0. The maximum Gasteiger partial charge on any atom is 0.323 e. The average molecular weight is 354 g/mol. The van der Waals surface area contributed by atoms with E-state index >= 15 is 0 Å². The molecular weight excluding hydrogens is 340 g/mol. The van der Waals surface area contributed by atoms with Crippen molar-refractivity contribution in [3.05, 3.63) is 57.0 Å². The maximum absolute atomic E-state index is 12.0. The van der Waals surface area contributed by atoms with Gasteiger partial charge in [0, 0.05) is 20.9 Å². The van der Waals surface area contributed by atoms with Gasteiger partial charge in [-0.1, -0.05) is 39.7 Å². The van der Waals surface area contributed by atoms with E-state index in [-0.39, 0.29) is 6.03 Å². The van der Waals surface area contributed by atoms with Crippen LogP contribution in [0.4, 0.5) is 16.2 Å². The van der Waals surface area contributed by atoms with Crippen LogP contribution in [0.3, 0.4) is 0 Å². The van der Waals surface area contributed by atoms with E-state index < -0.39 is 0 Å². The van der Waals surface area contributed by atoms with Crippen LogP contribution in [0, 0.1) is 13.8 Å². The molecule has 0 aliphatic rings. The molecule has 2 aromatic carbocycles. The molecule has 2 aromatic rings. The van der Waals surface area contributed by atoms with Crippen molar-refractivity contribution in [3.63, 3.8) is 0 Å². The van der Waals surface area contributed by atoms with Crippen molar-refractivity contribution >= 4 is 44.9 Å². The molecule has 104 valence electrons. The number of nitrogens with one attached hydrogen (secondary N) is 2. The third-order valence-electron chi connectivity index (χ3n) is 2.88. The number of rotatable bonds is 2. The van der Waals surface area contributed by atoms with Gasteiger partial charge in [-0.2, -0.15) is 0 Å². The summed E-state index contributed by atoms with van der Waals surface area (Å²) in [5.74, 6) is 0. The van der Waals surface area contributed by atoms with Gasteiger partial charge in [-0.3, -0.25) is 0 Å². The van der Waals surface area contributed by atoms with E-state index in [0.29, 0.717) is 10.7 Å². The van der Waals surface area contributed by atoms with Gasteiger partial charge >= 0.3 is 6.03 Å². The molecule has 0 spiro atoms. The summed E-state index contributed by atoms with van der Waals surface area (Å²) >= 11 is 9.36. The third-order valence-corrected chi connectivity index (χ3v) is 3.97. The fourth-order valence-electron chi connectivity index (χ4n) is 1.68. The molecule has 2 amide bonds. The predicted octanol–water partition coefficient (Wildman–Crippen LogP) is 5.36. The molecule has 2 rings (SSSR count). The lowest BCUT2D eigenvalue weighted by Gasteiger charge is -2.11. The van der Waals surface area contributed by atoms with E-state index in [4.69, 9.17) is 11.6 Å². The number of aryl methyl sites for hydroxylation is 2. The van der Waals surface area contributed by atoms with Crippen LogP contribution in [0.15, 0.2) is 40.9 Å². The molecule has 0 fully saturated rings. The second kappa shape index (κ2) is 6.29. The number of hydrogen-bond donors (Lipinski definition) is 2. The van der Waals surface area contributed by atoms with Crippen LogP contribution in [0.2, 0.25) is 5.02 Å². The first-order valence-corrected chi connectivity index (χ1v) is 7.23. The monoisotopic (exact) mass is 352 g/mol. The first kappa shape index (κ1) is 14.9. The Balaban J connectivity index is 2.09. The van der Waals surface area contributed by atoms with E-state index in [1.54, 1.807) is 12.1 Å². The van der Waals surface area contributed by atoms with E-state index in [1.807, 2.05) is 38.1 Å². The number of carbonyl (C=O) groups is 1. The highest BCUT2D eigenvalue weighted by molar-refractivity contribution is 9.10. The number of anilines is 2. The fraction of sp³-hybridized carbons (Fsp3) is 0.133. The second-order valence-corrected chi connectivity index (χ2v) is 5.79. The summed E-state index contributed by atoms with van der Waals surface area (Å²) < 4.78 is 0.953. The van der Waals surface area contributed by atoms with Crippen molar-refractivity contribution in [2.24, 2.45) is 0 Å². The Morgan fingerprint density at radius 3 is 2.45 bits per heavy atom. The van der Waals surface area contributed by atoms with Crippen molar-refractivity contribution in [2.75, 3.05) is 10.6 Å². The zero-order valence-electron chi connectivity index (χ0n) is 11.1. The molecule has 20 heavy (non-hydrogen) atoms. The quantitative estimate of drug-likeness (QED) is 0.749. The first-order chi connectivity index (χ1) is 9.45. The molecule has 0 atom stereocenters. The van der Waals surface area contributed by atoms with Gasteiger partial charge in [0.15, 0.2) is 0 Å². The molecular formula is C15H14BrClN2O. The number of amides is 2. The van der Waals surface area contributed by atoms with Gasteiger partial charge in [-0.15, -0.1) is 0 Å². The van der Waals surface area contributed by atoms with Gasteiger partial charge in [-0.05, 0) is 49.2 Å². The highest BCUT2D eigenvalue weighted by Crippen LogP contribution is 2.22. The van der Waals surface area contributed by atoms with Gasteiger partial charge in [0.2, 0.25) is 0 Å². The summed E-state index contributed by atoms with van der Waals surface area (Å²) in [5.41, 5.74) is 3.48. The van der Waals surface area contributed by atoms with Crippen LogP contribution in [0.5, 0.6) is 0 Å². The number of hydrogen-bond acceptors (Lipinski definition) is 1. The Morgan fingerprint density at radius 1 is 1.05 bits per heavy atom. The van der Waals surface area contributed by atoms with Crippen LogP contribution in [-0.2, 0) is 0 Å². The third kappa shape index (κ3) is 3.74. The zero-order chi connectivity index (χ0) is 14.7. The number of halogens is 2.